The Balaban J connectivity index is 1.94. The smallest absolute Gasteiger partial charge is 0.251 e. The normalized spacial score (nSPS) is 13.8. The van der Waals surface area contributed by atoms with Crippen molar-refractivity contribution in [3.63, 3.8) is 0 Å². The number of pyridine rings is 1. The van der Waals surface area contributed by atoms with E-state index in [0.29, 0.717) is 17.5 Å². The third kappa shape index (κ3) is 6.31. The SMILES string of the molecule is Cc1ccccc1C(CC(N=O)c1ccc(=O)n(C)c1)c1ccc(C(=O)N[C@@H](CO)C(C)C)cc1. The number of aliphatic hydroxyl groups excluding tert-OH is 1. The molecule has 0 aliphatic heterocycles. The number of aromatic nitrogens is 1. The summed E-state index contributed by atoms with van der Waals surface area (Å²) in [5, 5.41) is 15.8. The molecular weight excluding hydrogens is 442 g/mol. The van der Waals surface area contributed by atoms with Crippen LogP contribution in [0.1, 0.15) is 64.8 Å². The number of aryl methyl sites for hydroxylation is 2. The molecule has 0 radical (unpaired) electrons. The molecule has 184 valence electrons. The molecule has 3 rings (SSSR count). The van der Waals surface area contributed by atoms with Crippen molar-refractivity contribution in [1.29, 1.82) is 0 Å². The van der Waals surface area contributed by atoms with Gasteiger partial charge in [-0.3, -0.25) is 9.59 Å². The molecule has 0 spiro atoms. The second-order valence-electron chi connectivity index (χ2n) is 9.31. The Morgan fingerprint density at radius 2 is 1.69 bits per heavy atom. The minimum Gasteiger partial charge on any atom is -0.394 e. The van der Waals surface area contributed by atoms with Crippen molar-refractivity contribution in [2.75, 3.05) is 6.61 Å². The number of nitrogens with zero attached hydrogens (tertiary/aromatic N) is 2. The molecule has 2 unspecified atom stereocenters. The maximum atomic E-state index is 12.7. The molecule has 0 fully saturated rings. The summed E-state index contributed by atoms with van der Waals surface area (Å²) in [6.07, 6.45) is 2.07. The number of nitroso groups, excluding NO2 is 1. The van der Waals surface area contributed by atoms with Crippen LogP contribution < -0.4 is 10.9 Å². The zero-order valence-corrected chi connectivity index (χ0v) is 20.6. The van der Waals surface area contributed by atoms with Gasteiger partial charge in [-0.2, -0.15) is 4.91 Å². The number of hydrogen-bond donors (Lipinski definition) is 2. The lowest BCUT2D eigenvalue weighted by atomic mass is 9.82. The molecule has 1 amide bonds. The molecule has 0 saturated heterocycles. The van der Waals surface area contributed by atoms with E-state index in [1.807, 2.05) is 57.2 Å². The van der Waals surface area contributed by atoms with Crippen LogP contribution in [0.4, 0.5) is 0 Å². The fourth-order valence-corrected chi connectivity index (χ4v) is 4.24. The Kier molecular flexibility index (Phi) is 8.71. The van der Waals surface area contributed by atoms with E-state index in [2.05, 4.69) is 10.5 Å². The molecule has 3 atom stereocenters. The molecule has 0 aliphatic carbocycles. The maximum absolute atomic E-state index is 12.7. The number of carbonyl (C=O) groups is 1. The van der Waals surface area contributed by atoms with E-state index < -0.39 is 6.04 Å². The summed E-state index contributed by atoms with van der Waals surface area (Å²) >= 11 is 0. The lowest BCUT2D eigenvalue weighted by Gasteiger charge is -2.23. The fraction of sp³-hybridized carbons (Fsp3) is 0.357. The maximum Gasteiger partial charge on any atom is 0.251 e. The average Bonchev–Trinajstić information content (AvgIpc) is 2.85. The average molecular weight is 476 g/mol. The van der Waals surface area contributed by atoms with E-state index in [4.69, 9.17) is 0 Å². The van der Waals surface area contributed by atoms with Gasteiger partial charge in [-0.05, 0) is 59.7 Å². The van der Waals surface area contributed by atoms with E-state index in [9.17, 15) is 19.6 Å². The number of rotatable bonds is 10. The van der Waals surface area contributed by atoms with Crippen LogP contribution in [0.3, 0.4) is 0 Å². The molecular formula is C28H33N3O4. The molecule has 2 N–H and O–H groups in total. The van der Waals surface area contributed by atoms with Crippen LogP contribution in [0.15, 0.2) is 76.8 Å². The largest absolute Gasteiger partial charge is 0.394 e. The molecule has 35 heavy (non-hydrogen) atoms. The van der Waals surface area contributed by atoms with Gasteiger partial charge in [0.1, 0.15) is 6.04 Å². The van der Waals surface area contributed by atoms with Gasteiger partial charge in [-0.25, -0.2) is 0 Å². The van der Waals surface area contributed by atoms with Crippen molar-refractivity contribution in [2.45, 2.75) is 45.2 Å². The first kappa shape index (κ1) is 26.0. The fourth-order valence-electron chi connectivity index (χ4n) is 4.24. The van der Waals surface area contributed by atoms with Gasteiger partial charge in [-0.15, -0.1) is 0 Å². The minimum absolute atomic E-state index is 0.110. The summed E-state index contributed by atoms with van der Waals surface area (Å²) in [6.45, 7) is 5.79. The minimum atomic E-state index is -0.647. The summed E-state index contributed by atoms with van der Waals surface area (Å²) in [4.78, 5) is 36.4. The Morgan fingerprint density at radius 3 is 2.26 bits per heavy atom. The van der Waals surface area contributed by atoms with E-state index in [0.717, 1.165) is 16.7 Å². The highest BCUT2D eigenvalue weighted by Crippen LogP contribution is 2.37. The second-order valence-corrected chi connectivity index (χ2v) is 9.31. The van der Waals surface area contributed by atoms with Gasteiger partial charge in [0.05, 0.1) is 12.6 Å². The highest BCUT2D eigenvalue weighted by Gasteiger charge is 2.24. The Morgan fingerprint density at radius 1 is 1.03 bits per heavy atom. The van der Waals surface area contributed by atoms with E-state index in [-0.39, 0.29) is 36.0 Å². The second kappa shape index (κ2) is 11.7. The first-order valence-electron chi connectivity index (χ1n) is 11.8. The van der Waals surface area contributed by atoms with Gasteiger partial charge >= 0.3 is 0 Å². The zero-order chi connectivity index (χ0) is 25.5. The van der Waals surface area contributed by atoms with Crippen LogP contribution in [0.25, 0.3) is 0 Å². The number of amides is 1. The van der Waals surface area contributed by atoms with Gasteiger partial charge in [0.25, 0.3) is 5.91 Å². The summed E-state index contributed by atoms with van der Waals surface area (Å²) in [7, 11) is 1.65. The van der Waals surface area contributed by atoms with Gasteiger partial charge in [0, 0.05) is 30.8 Å². The van der Waals surface area contributed by atoms with Crippen molar-refractivity contribution in [1.82, 2.24) is 9.88 Å². The van der Waals surface area contributed by atoms with E-state index in [1.165, 1.54) is 10.6 Å². The van der Waals surface area contributed by atoms with Crippen LogP contribution in [-0.2, 0) is 7.05 Å². The molecule has 7 heteroatoms. The zero-order valence-electron chi connectivity index (χ0n) is 20.6. The van der Waals surface area contributed by atoms with Crippen LogP contribution in [0.2, 0.25) is 0 Å². The summed E-state index contributed by atoms with van der Waals surface area (Å²) in [6, 6.07) is 17.5. The van der Waals surface area contributed by atoms with Gasteiger partial charge < -0.3 is 15.0 Å². The topological polar surface area (TPSA) is 101 Å². The van der Waals surface area contributed by atoms with Crippen molar-refractivity contribution in [2.24, 2.45) is 18.1 Å². The van der Waals surface area contributed by atoms with Crippen LogP contribution in [0, 0.1) is 17.7 Å². The van der Waals surface area contributed by atoms with Gasteiger partial charge in [0.15, 0.2) is 0 Å². The van der Waals surface area contributed by atoms with Crippen LogP contribution in [-0.4, -0.2) is 28.2 Å². The lowest BCUT2D eigenvalue weighted by molar-refractivity contribution is 0.0897. The lowest BCUT2D eigenvalue weighted by Crippen LogP contribution is -2.41. The quantitative estimate of drug-likeness (QED) is 0.423. The Bertz CT molecular complexity index is 1220. The third-order valence-corrected chi connectivity index (χ3v) is 6.54. The highest BCUT2D eigenvalue weighted by molar-refractivity contribution is 5.94. The molecule has 0 bridgehead atoms. The third-order valence-electron chi connectivity index (χ3n) is 6.54. The standard InChI is InChI=1S/C28H33N3O4/c1-18(2)26(17-32)29-28(34)21-11-9-20(10-12-21)24(23-8-6-5-7-19(23)3)15-25(30-35)22-13-14-27(33)31(4)16-22/h5-14,16,18,24-26,32H,15,17H2,1-4H3,(H,29,34)/t24?,25?,26-/m0/s1. The van der Waals surface area contributed by atoms with Crippen molar-refractivity contribution in [3.05, 3.63) is 110 Å². The van der Waals surface area contributed by atoms with Crippen molar-refractivity contribution >= 4 is 5.91 Å². The number of benzene rings is 2. The van der Waals surface area contributed by atoms with E-state index in [1.54, 1.807) is 31.4 Å². The van der Waals surface area contributed by atoms with Crippen molar-refractivity contribution < 1.29 is 9.90 Å². The van der Waals surface area contributed by atoms with Crippen molar-refractivity contribution in [3.8, 4) is 0 Å². The summed E-state index contributed by atoms with van der Waals surface area (Å²) < 4.78 is 1.44. The summed E-state index contributed by atoms with van der Waals surface area (Å²) in [5.74, 6) is -0.276. The van der Waals surface area contributed by atoms with Crippen LogP contribution >= 0.6 is 0 Å². The Labute approximate surface area is 205 Å². The molecule has 1 heterocycles. The molecule has 0 aliphatic rings. The monoisotopic (exact) mass is 475 g/mol. The predicted octanol–water partition coefficient (Wildman–Crippen LogP) is 4.47. The number of nitrogens with one attached hydrogen (secondary N) is 1. The summed E-state index contributed by atoms with van der Waals surface area (Å²) in [5.41, 5.74) is 4.15. The van der Waals surface area contributed by atoms with Crippen LogP contribution in [0.5, 0.6) is 0 Å². The molecule has 3 aromatic rings. The first-order chi connectivity index (χ1) is 16.7. The molecule has 0 saturated carbocycles. The number of carbonyl (C=O) groups excluding carboxylic acids is 1. The molecule has 7 nitrogen and oxygen atoms in total. The first-order valence-corrected chi connectivity index (χ1v) is 11.8. The molecule has 2 aromatic carbocycles. The molecule has 1 aromatic heterocycles. The van der Waals surface area contributed by atoms with Gasteiger partial charge in [-0.1, -0.05) is 55.4 Å². The van der Waals surface area contributed by atoms with Gasteiger partial charge in [0.2, 0.25) is 5.56 Å². The predicted molar refractivity (Wildman–Crippen MR) is 137 cm³/mol. The Hall–Kier alpha value is -3.58. The van der Waals surface area contributed by atoms with E-state index >= 15 is 0 Å². The number of hydrogen-bond acceptors (Lipinski definition) is 5. The number of aliphatic hydroxyl groups is 1. The highest BCUT2D eigenvalue weighted by atomic mass is 16.3.